The first kappa shape index (κ1) is 22.5. The molecule has 3 aromatic rings. The van der Waals surface area contributed by atoms with E-state index in [9.17, 15) is 4.79 Å². The highest BCUT2D eigenvalue weighted by molar-refractivity contribution is 6.42. The zero-order chi connectivity index (χ0) is 23.4. The molecule has 4 rings (SSSR count). The van der Waals surface area contributed by atoms with Crippen LogP contribution in [-0.4, -0.2) is 32.6 Å². The van der Waals surface area contributed by atoms with Crippen molar-refractivity contribution in [3.05, 3.63) is 83.4 Å². The molecule has 33 heavy (non-hydrogen) atoms. The zero-order valence-electron chi connectivity index (χ0n) is 18.6. The summed E-state index contributed by atoms with van der Waals surface area (Å²) >= 11 is 6.12. The molecule has 8 heteroatoms. The quantitative estimate of drug-likeness (QED) is 0.443. The van der Waals surface area contributed by atoms with Gasteiger partial charge in [0.15, 0.2) is 17.7 Å². The Kier molecular flexibility index (Phi) is 6.70. The Morgan fingerprint density at radius 1 is 0.939 bits per heavy atom. The molecule has 0 amide bonds. The number of rotatable bonds is 7. The Morgan fingerprint density at radius 3 is 2.27 bits per heavy atom. The Labute approximate surface area is 197 Å². The molecule has 0 N–H and O–H groups in total. The van der Waals surface area contributed by atoms with Gasteiger partial charge in [-0.25, -0.2) is 9.80 Å². The SMILES string of the molecule is CCOC(=O)C1=NN(c2ccc(Cl)cc2)[C@@H](c2ccc(OC)c(OC)c2)N1c1ccccc1. The highest BCUT2D eigenvalue weighted by Gasteiger charge is 2.41. The maximum atomic E-state index is 13.0. The van der Waals surface area contributed by atoms with Crippen LogP contribution in [0.3, 0.4) is 0 Å². The fourth-order valence-corrected chi connectivity index (χ4v) is 3.84. The molecule has 0 spiro atoms. The van der Waals surface area contributed by atoms with E-state index in [0.29, 0.717) is 16.5 Å². The maximum Gasteiger partial charge on any atom is 0.376 e. The van der Waals surface area contributed by atoms with Crippen molar-refractivity contribution < 1.29 is 19.0 Å². The Balaban J connectivity index is 1.91. The van der Waals surface area contributed by atoms with Crippen LogP contribution < -0.4 is 19.4 Å². The van der Waals surface area contributed by atoms with E-state index in [1.165, 1.54) is 0 Å². The number of amidine groups is 1. The average Bonchev–Trinajstić information content (AvgIpc) is 3.25. The van der Waals surface area contributed by atoms with E-state index >= 15 is 0 Å². The summed E-state index contributed by atoms with van der Waals surface area (Å²) in [5.41, 5.74) is 2.40. The van der Waals surface area contributed by atoms with Gasteiger partial charge in [0.05, 0.1) is 26.5 Å². The topological polar surface area (TPSA) is 63.6 Å². The molecular formula is C25H24ClN3O4. The van der Waals surface area contributed by atoms with Crippen LogP contribution in [0.15, 0.2) is 77.9 Å². The van der Waals surface area contributed by atoms with Crippen LogP contribution in [0.2, 0.25) is 5.02 Å². The van der Waals surface area contributed by atoms with Gasteiger partial charge in [0, 0.05) is 16.3 Å². The highest BCUT2D eigenvalue weighted by Crippen LogP contribution is 2.41. The van der Waals surface area contributed by atoms with Gasteiger partial charge in [0.2, 0.25) is 5.84 Å². The molecule has 1 heterocycles. The van der Waals surface area contributed by atoms with Gasteiger partial charge in [-0.3, -0.25) is 4.90 Å². The number of halogens is 1. The third kappa shape index (κ3) is 4.45. The lowest BCUT2D eigenvalue weighted by Gasteiger charge is -2.32. The molecule has 0 saturated carbocycles. The van der Waals surface area contributed by atoms with E-state index in [2.05, 4.69) is 0 Å². The minimum Gasteiger partial charge on any atom is -0.493 e. The number of esters is 1. The van der Waals surface area contributed by atoms with Crippen molar-refractivity contribution in [1.82, 2.24) is 0 Å². The molecular weight excluding hydrogens is 442 g/mol. The predicted octanol–water partition coefficient (Wildman–Crippen LogP) is 5.26. The molecule has 0 fully saturated rings. The first-order valence-corrected chi connectivity index (χ1v) is 10.8. The molecule has 170 valence electrons. The van der Waals surface area contributed by atoms with Crippen LogP contribution in [0.4, 0.5) is 11.4 Å². The Morgan fingerprint density at radius 2 is 1.64 bits per heavy atom. The molecule has 0 bridgehead atoms. The Bertz CT molecular complexity index is 1150. The van der Waals surface area contributed by atoms with E-state index in [0.717, 1.165) is 16.9 Å². The molecule has 1 atom stereocenters. The fraction of sp³-hybridized carbons (Fsp3) is 0.200. The predicted molar refractivity (Wildman–Crippen MR) is 129 cm³/mol. The number of hydrazone groups is 1. The second-order valence-electron chi connectivity index (χ2n) is 7.16. The van der Waals surface area contributed by atoms with Gasteiger partial charge in [-0.15, -0.1) is 5.10 Å². The summed E-state index contributed by atoms with van der Waals surface area (Å²) < 4.78 is 16.3. The van der Waals surface area contributed by atoms with Crippen molar-refractivity contribution in [3.63, 3.8) is 0 Å². The fourth-order valence-electron chi connectivity index (χ4n) is 3.71. The number of carbonyl (C=O) groups is 1. The summed E-state index contributed by atoms with van der Waals surface area (Å²) in [4.78, 5) is 14.8. The third-order valence-corrected chi connectivity index (χ3v) is 5.45. The van der Waals surface area contributed by atoms with Crippen LogP contribution >= 0.6 is 11.6 Å². The lowest BCUT2D eigenvalue weighted by atomic mass is 10.1. The summed E-state index contributed by atoms with van der Waals surface area (Å²) in [6, 6.07) is 22.5. The van der Waals surface area contributed by atoms with Gasteiger partial charge >= 0.3 is 5.97 Å². The molecule has 1 aliphatic rings. The number of methoxy groups -OCH3 is 2. The summed E-state index contributed by atoms with van der Waals surface area (Å²) in [6.07, 6.45) is -0.493. The van der Waals surface area contributed by atoms with Gasteiger partial charge in [0.25, 0.3) is 0 Å². The molecule has 0 unspecified atom stereocenters. The first-order chi connectivity index (χ1) is 16.1. The van der Waals surface area contributed by atoms with Crippen LogP contribution in [0.1, 0.15) is 18.7 Å². The summed E-state index contributed by atoms with van der Waals surface area (Å²) in [6.45, 7) is 2.01. The van der Waals surface area contributed by atoms with Crippen LogP contribution in [0.5, 0.6) is 11.5 Å². The van der Waals surface area contributed by atoms with Crippen molar-refractivity contribution in [1.29, 1.82) is 0 Å². The number of hydrogen-bond donors (Lipinski definition) is 0. The zero-order valence-corrected chi connectivity index (χ0v) is 19.3. The van der Waals surface area contributed by atoms with E-state index < -0.39 is 12.1 Å². The monoisotopic (exact) mass is 465 g/mol. The Hall–Kier alpha value is -3.71. The molecule has 7 nitrogen and oxygen atoms in total. The van der Waals surface area contributed by atoms with Crippen molar-refractivity contribution in [2.75, 3.05) is 30.7 Å². The molecule has 0 aliphatic carbocycles. The van der Waals surface area contributed by atoms with Crippen LogP contribution in [0.25, 0.3) is 0 Å². The molecule has 0 saturated heterocycles. The highest BCUT2D eigenvalue weighted by atomic mass is 35.5. The number of benzene rings is 3. The minimum absolute atomic E-state index is 0.179. The minimum atomic E-state index is -0.511. The lowest BCUT2D eigenvalue weighted by Crippen LogP contribution is -2.39. The normalized spacial score (nSPS) is 15.3. The first-order valence-electron chi connectivity index (χ1n) is 10.4. The lowest BCUT2D eigenvalue weighted by molar-refractivity contribution is -0.135. The van der Waals surface area contributed by atoms with Crippen molar-refractivity contribution >= 4 is 34.8 Å². The number of anilines is 2. The molecule has 0 aromatic heterocycles. The van der Waals surface area contributed by atoms with E-state index in [-0.39, 0.29) is 12.4 Å². The number of nitrogens with zero attached hydrogens (tertiary/aromatic N) is 3. The van der Waals surface area contributed by atoms with Crippen LogP contribution in [-0.2, 0) is 9.53 Å². The van der Waals surface area contributed by atoms with Gasteiger partial charge in [-0.2, -0.15) is 0 Å². The second kappa shape index (κ2) is 9.83. The van der Waals surface area contributed by atoms with Crippen molar-refractivity contribution in [3.8, 4) is 11.5 Å². The third-order valence-electron chi connectivity index (χ3n) is 5.20. The molecule has 0 radical (unpaired) electrons. The van der Waals surface area contributed by atoms with E-state index in [1.54, 1.807) is 38.3 Å². The van der Waals surface area contributed by atoms with Gasteiger partial charge < -0.3 is 14.2 Å². The largest absolute Gasteiger partial charge is 0.493 e. The van der Waals surface area contributed by atoms with Crippen molar-refractivity contribution in [2.24, 2.45) is 5.10 Å². The maximum absolute atomic E-state index is 13.0. The average molecular weight is 466 g/mol. The molecule has 3 aromatic carbocycles. The van der Waals surface area contributed by atoms with E-state index in [4.69, 9.17) is 30.9 Å². The van der Waals surface area contributed by atoms with Gasteiger partial charge in [-0.1, -0.05) is 35.9 Å². The summed E-state index contributed by atoms with van der Waals surface area (Å²) in [5, 5.41) is 7.09. The summed E-state index contributed by atoms with van der Waals surface area (Å²) in [7, 11) is 3.17. The standard InChI is InChI=1S/C25H24ClN3O4/c1-4-33-25(30)23-27-29(20-13-11-18(26)12-14-20)24(28(23)19-8-6-5-7-9-19)17-10-15-21(31-2)22(16-17)32-3/h5-16,24H,4H2,1-3H3/t24-/m0/s1. The second-order valence-corrected chi connectivity index (χ2v) is 7.60. The van der Waals surface area contributed by atoms with Gasteiger partial charge in [0.1, 0.15) is 0 Å². The van der Waals surface area contributed by atoms with Crippen molar-refractivity contribution in [2.45, 2.75) is 13.1 Å². The number of para-hydroxylation sites is 1. The van der Waals surface area contributed by atoms with Gasteiger partial charge in [-0.05, 0) is 55.5 Å². The molecule has 1 aliphatic heterocycles. The van der Waals surface area contributed by atoms with E-state index in [1.807, 2.05) is 65.6 Å². The smallest absolute Gasteiger partial charge is 0.376 e. The van der Waals surface area contributed by atoms with Crippen LogP contribution in [0, 0.1) is 0 Å². The number of ether oxygens (including phenoxy) is 3. The number of hydrogen-bond acceptors (Lipinski definition) is 7. The number of carbonyl (C=O) groups excluding carboxylic acids is 1. The summed E-state index contributed by atoms with van der Waals surface area (Å²) in [5.74, 6) is 0.847.